The Morgan fingerprint density at radius 1 is 0.932 bits per heavy atom. The second kappa shape index (κ2) is 11.5. The van der Waals surface area contributed by atoms with Crippen LogP contribution in [0.4, 0.5) is 15.8 Å². The number of amides is 1. The number of rotatable bonds is 8. The lowest BCUT2D eigenvalue weighted by Crippen LogP contribution is -2.27. The molecule has 0 saturated heterocycles. The molecule has 0 saturated carbocycles. The van der Waals surface area contributed by atoms with Gasteiger partial charge in [0.15, 0.2) is 5.65 Å². The van der Waals surface area contributed by atoms with Crippen molar-refractivity contribution in [2.75, 3.05) is 37.8 Å². The Morgan fingerprint density at radius 3 is 2.52 bits per heavy atom. The largest absolute Gasteiger partial charge is 0.384 e. The van der Waals surface area contributed by atoms with Crippen LogP contribution in [0.1, 0.15) is 20.8 Å². The molecular formula is C33H34FN9O. The third-order valence-corrected chi connectivity index (χ3v) is 7.32. The topological polar surface area (TPSA) is 128 Å². The molecule has 0 bridgehead atoms. The molecule has 0 radical (unpaired) electrons. The number of aromatic amines is 2. The van der Waals surface area contributed by atoms with Gasteiger partial charge in [-0.05, 0) is 67.7 Å². The van der Waals surface area contributed by atoms with E-state index in [0.717, 1.165) is 56.6 Å². The van der Waals surface area contributed by atoms with Crippen molar-refractivity contribution >= 4 is 39.3 Å². The average molecular weight is 592 g/mol. The molecule has 0 unspecified atom stereocenters. The molecule has 1 aromatic carbocycles. The molecule has 5 heterocycles. The van der Waals surface area contributed by atoms with E-state index in [4.69, 9.17) is 0 Å². The summed E-state index contributed by atoms with van der Waals surface area (Å²) >= 11 is 0. The van der Waals surface area contributed by atoms with Gasteiger partial charge in [-0.3, -0.25) is 14.9 Å². The molecule has 4 N–H and O–H groups in total. The van der Waals surface area contributed by atoms with Crippen LogP contribution < -0.4 is 10.6 Å². The average Bonchev–Trinajstić information content (AvgIpc) is 3.60. The van der Waals surface area contributed by atoms with Crippen LogP contribution >= 0.6 is 0 Å². The zero-order chi connectivity index (χ0) is 31.0. The first-order valence-electron chi connectivity index (χ1n) is 14.3. The molecule has 0 aliphatic rings. The molecule has 5 aromatic heterocycles. The molecule has 6 rings (SSSR count). The smallest absolute Gasteiger partial charge is 0.229 e. The fourth-order valence-electron chi connectivity index (χ4n) is 4.93. The van der Waals surface area contributed by atoms with Crippen LogP contribution in [0.25, 0.3) is 55.7 Å². The summed E-state index contributed by atoms with van der Waals surface area (Å²) in [6.07, 6.45) is 6.80. The maximum Gasteiger partial charge on any atom is 0.229 e. The lowest BCUT2D eigenvalue weighted by molar-refractivity contribution is -0.123. The molecule has 0 aliphatic heterocycles. The molecule has 224 valence electrons. The van der Waals surface area contributed by atoms with Gasteiger partial charge in [0.1, 0.15) is 11.5 Å². The van der Waals surface area contributed by atoms with E-state index >= 15 is 0 Å². The number of anilines is 2. The Hall–Kier alpha value is -5.16. The van der Waals surface area contributed by atoms with Crippen molar-refractivity contribution in [2.24, 2.45) is 5.41 Å². The minimum Gasteiger partial charge on any atom is -0.384 e. The number of halogens is 1. The predicted octanol–water partition coefficient (Wildman–Crippen LogP) is 6.33. The van der Waals surface area contributed by atoms with Gasteiger partial charge in [-0.1, -0.05) is 20.8 Å². The summed E-state index contributed by atoms with van der Waals surface area (Å²) in [6.45, 7) is 7.11. The zero-order valence-electron chi connectivity index (χ0n) is 25.3. The van der Waals surface area contributed by atoms with E-state index in [2.05, 4.69) is 45.7 Å². The maximum absolute atomic E-state index is 14.7. The normalized spacial score (nSPS) is 11.9. The summed E-state index contributed by atoms with van der Waals surface area (Å²) in [4.78, 5) is 31.4. The van der Waals surface area contributed by atoms with Crippen LogP contribution in [-0.2, 0) is 4.79 Å². The highest BCUT2D eigenvalue weighted by Gasteiger charge is 2.21. The number of pyridine rings is 3. The van der Waals surface area contributed by atoms with Crippen molar-refractivity contribution in [3.63, 3.8) is 0 Å². The second-order valence-electron chi connectivity index (χ2n) is 12.1. The zero-order valence-corrected chi connectivity index (χ0v) is 25.3. The lowest BCUT2D eigenvalue weighted by atomic mass is 9.95. The summed E-state index contributed by atoms with van der Waals surface area (Å²) in [5, 5.41) is 15.4. The summed E-state index contributed by atoms with van der Waals surface area (Å²) in [6, 6.07) is 12.7. The Labute approximate surface area is 254 Å². The van der Waals surface area contributed by atoms with E-state index in [9.17, 15) is 9.18 Å². The highest BCUT2D eigenvalue weighted by molar-refractivity contribution is 6.00. The van der Waals surface area contributed by atoms with Gasteiger partial charge in [-0.25, -0.2) is 14.4 Å². The van der Waals surface area contributed by atoms with Crippen molar-refractivity contribution in [3.8, 4) is 33.6 Å². The van der Waals surface area contributed by atoms with E-state index in [0.29, 0.717) is 23.5 Å². The van der Waals surface area contributed by atoms with Gasteiger partial charge < -0.3 is 20.5 Å². The number of carbonyl (C=O) groups excluding carboxylic acids is 1. The minimum absolute atomic E-state index is 0.0935. The van der Waals surface area contributed by atoms with E-state index < -0.39 is 5.41 Å². The van der Waals surface area contributed by atoms with E-state index in [-0.39, 0.29) is 11.7 Å². The molecule has 0 fully saturated rings. The fourth-order valence-corrected chi connectivity index (χ4v) is 4.93. The SMILES string of the molecule is CN(C)CCNc1cc(F)cc(-c2ccnc3[nH]c(-c4[nH]nc5ncc(-c6cncc(NC(=O)C(C)(C)C)c6)cc45)cc23)c1. The van der Waals surface area contributed by atoms with Crippen LogP contribution in [0.5, 0.6) is 0 Å². The van der Waals surface area contributed by atoms with Gasteiger partial charge in [-0.15, -0.1) is 0 Å². The van der Waals surface area contributed by atoms with Crippen LogP contribution in [0.3, 0.4) is 0 Å². The molecule has 0 atom stereocenters. The van der Waals surface area contributed by atoms with E-state index in [1.54, 1.807) is 24.8 Å². The first kappa shape index (κ1) is 28.9. The molecule has 10 nitrogen and oxygen atoms in total. The highest BCUT2D eigenvalue weighted by Crippen LogP contribution is 2.35. The predicted molar refractivity (Wildman–Crippen MR) is 173 cm³/mol. The maximum atomic E-state index is 14.7. The van der Waals surface area contributed by atoms with Crippen LogP contribution in [0.2, 0.25) is 0 Å². The molecule has 0 aliphatic carbocycles. The van der Waals surface area contributed by atoms with Crippen molar-refractivity contribution < 1.29 is 9.18 Å². The number of nitrogens with one attached hydrogen (secondary N) is 4. The van der Waals surface area contributed by atoms with Gasteiger partial charge >= 0.3 is 0 Å². The number of likely N-dealkylation sites (N-methyl/N-ethyl adjacent to an activating group) is 1. The molecule has 1 amide bonds. The number of hydrogen-bond acceptors (Lipinski definition) is 7. The number of benzene rings is 1. The van der Waals surface area contributed by atoms with Gasteiger partial charge in [-0.2, -0.15) is 5.10 Å². The molecular weight excluding hydrogens is 557 g/mol. The number of fused-ring (bicyclic) bond motifs is 2. The number of aromatic nitrogens is 6. The van der Waals surface area contributed by atoms with Crippen LogP contribution in [0, 0.1) is 11.2 Å². The van der Waals surface area contributed by atoms with Gasteiger partial charge in [0.25, 0.3) is 0 Å². The van der Waals surface area contributed by atoms with E-state index in [1.165, 1.54) is 12.1 Å². The monoisotopic (exact) mass is 591 g/mol. The third-order valence-electron chi connectivity index (χ3n) is 7.32. The summed E-state index contributed by atoms with van der Waals surface area (Å²) in [7, 11) is 4.00. The number of hydrogen-bond donors (Lipinski definition) is 4. The van der Waals surface area contributed by atoms with Crippen molar-refractivity contribution in [1.82, 2.24) is 35.0 Å². The Balaban J connectivity index is 1.35. The van der Waals surface area contributed by atoms with Crippen molar-refractivity contribution in [2.45, 2.75) is 20.8 Å². The van der Waals surface area contributed by atoms with Gasteiger partial charge in [0.05, 0.1) is 23.3 Å². The Bertz CT molecular complexity index is 1990. The molecule has 0 spiro atoms. The Morgan fingerprint density at radius 2 is 1.73 bits per heavy atom. The standard InChI is InChI=1S/C33H34FN9O/c1-33(2,3)32(44)39-24-12-20(16-35-18-24)21-13-27-29(41-42-31(27)38-17-21)28-15-26-25(6-7-37-30(26)40-28)19-10-22(34)14-23(11-19)36-8-9-43(4)5/h6-7,10-18,36H,8-9H2,1-5H3,(H,37,40)(H,39,44)(H,38,41,42). The third kappa shape index (κ3) is 6.00. The molecule has 44 heavy (non-hydrogen) atoms. The van der Waals surface area contributed by atoms with Gasteiger partial charge in [0.2, 0.25) is 5.91 Å². The van der Waals surface area contributed by atoms with Crippen LogP contribution in [-0.4, -0.2) is 68.1 Å². The Kier molecular flexibility index (Phi) is 7.56. The van der Waals surface area contributed by atoms with Crippen molar-refractivity contribution in [3.05, 3.63) is 73.1 Å². The quantitative estimate of drug-likeness (QED) is 0.163. The lowest BCUT2D eigenvalue weighted by Gasteiger charge is -2.17. The summed E-state index contributed by atoms with van der Waals surface area (Å²) < 4.78 is 14.7. The first-order valence-corrected chi connectivity index (χ1v) is 14.3. The molecule has 11 heteroatoms. The fraction of sp³-hybridized carbons (Fsp3) is 0.242. The van der Waals surface area contributed by atoms with E-state index in [1.807, 2.05) is 65.2 Å². The summed E-state index contributed by atoms with van der Waals surface area (Å²) in [5.41, 5.74) is 6.77. The molecule has 6 aromatic rings. The number of carbonyl (C=O) groups is 1. The number of nitrogens with zero attached hydrogens (tertiary/aromatic N) is 5. The number of H-pyrrole nitrogens is 2. The first-order chi connectivity index (χ1) is 21.0. The summed E-state index contributed by atoms with van der Waals surface area (Å²) in [5.74, 6) is -0.408. The van der Waals surface area contributed by atoms with Crippen LogP contribution in [0.15, 0.2) is 67.3 Å². The minimum atomic E-state index is -0.531. The van der Waals surface area contributed by atoms with Crippen molar-refractivity contribution in [1.29, 1.82) is 0 Å². The highest BCUT2D eigenvalue weighted by atomic mass is 19.1. The van der Waals surface area contributed by atoms with Gasteiger partial charge in [0, 0.05) is 64.7 Å². The second-order valence-corrected chi connectivity index (χ2v) is 12.1.